The topological polar surface area (TPSA) is 101 Å². The van der Waals surface area contributed by atoms with Crippen LogP contribution in [0.25, 0.3) is 0 Å². The van der Waals surface area contributed by atoms with Crippen molar-refractivity contribution in [1.29, 1.82) is 0 Å². The van der Waals surface area contributed by atoms with E-state index in [9.17, 15) is 39.6 Å². The van der Waals surface area contributed by atoms with Crippen molar-refractivity contribution in [2.75, 3.05) is 0 Å². The van der Waals surface area contributed by atoms with Crippen molar-refractivity contribution >= 4 is 16.1 Å². The number of halogens is 6. The summed E-state index contributed by atoms with van der Waals surface area (Å²) in [5, 5.41) is 2.91. The molecular weight excluding hydrogens is 338 g/mol. The average molecular weight is 340 g/mol. The number of benzene rings is 1. The number of phenolic OH excluding ortho intramolecular Hbond substituents is 1. The Morgan fingerprint density at radius 2 is 1.38 bits per heavy atom. The number of hydrogen-bond donors (Lipinski definition) is 2. The number of esters is 1. The Balaban J connectivity index is 3.37. The van der Waals surface area contributed by atoms with E-state index < -0.39 is 56.1 Å². The zero-order chi connectivity index (χ0) is 16.7. The van der Waals surface area contributed by atoms with Gasteiger partial charge >= 0.3 is 21.3 Å². The van der Waals surface area contributed by atoms with Crippen molar-refractivity contribution in [2.45, 2.75) is 5.25 Å². The summed E-state index contributed by atoms with van der Waals surface area (Å²) in [6, 6.07) is 0. The second-order valence-corrected chi connectivity index (χ2v) is 4.78. The predicted octanol–water partition coefficient (Wildman–Crippen LogP) is 1.33. The van der Waals surface area contributed by atoms with Crippen LogP contribution in [-0.4, -0.2) is 29.3 Å². The van der Waals surface area contributed by atoms with Crippen LogP contribution in [0.2, 0.25) is 0 Å². The summed E-state index contributed by atoms with van der Waals surface area (Å²) in [6.45, 7) is 0. The smallest absolute Gasteiger partial charge is 0.466 e. The minimum atomic E-state index is -6.37. The lowest BCUT2D eigenvalue weighted by molar-refractivity contribution is -0.151. The molecule has 1 aromatic rings. The monoisotopic (exact) mass is 340 g/mol. The van der Waals surface area contributed by atoms with Gasteiger partial charge in [0.1, 0.15) is 0 Å². The maximum absolute atomic E-state index is 13.1. The van der Waals surface area contributed by atoms with Crippen LogP contribution in [0.3, 0.4) is 0 Å². The number of carbonyl (C=O) groups excluding carboxylic acids is 1. The van der Waals surface area contributed by atoms with Crippen molar-refractivity contribution in [3.05, 3.63) is 23.3 Å². The second kappa shape index (κ2) is 5.07. The van der Waals surface area contributed by atoms with Crippen LogP contribution in [0.4, 0.5) is 26.3 Å². The predicted molar refractivity (Wildman–Crippen MR) is 50.1 cm³/mol. The van der Waals surface area contributed by atoms with Crippen molar-refractivity contribution in [2.24, 2.45) is 0 Å². The Bertz CT molecular complexity index is 685. The fourth-order valence-electron chi connectivity index (χ4n) is 0.947. The molecule has 0 bridgehead atoms. The normalized spacial score (nSPS) is 12.3. The molecule has 0 saturated carbocycles. The quantitative estimate of drug-likeness (QED) is 0.283. The zero-order valence-electron chi connectivity index (χ0n) is 9.20. The highest BCUT2D eigenvalue weighted by atomic mass is 32.2. The lowest BCUT2D eigenvalue weighted by Gasteiger charge is -2.13. The largest absolute Gasteiger partial charge is 0.503 e. The maximum Gasteiger partial charge on any atom is 0.466 e. The van der Waals surface area contributed by atoms with E-state index in [0.717, 1.165) is 0 Å². The Kier molecular flexibility index (Phi) is 4.11. The molecule has 0 radical (unpaired) electrons. The van der Waals surface area contributed by atoms with Crippen LogP contribution in [-0.2, 0) is 14.9 Å². The SMILES string of the molecule is O=C(Oc1c(F)c(F)c(O)c(F)c1F)C(F)(F)S(=O)(=O)O. The zero-order valence-corrected chi connectivity index (χ0v) is 10.0. The van der Waals surface area contributed by atoms with Gasteiger partial charge in [-0.3, -0.25) is 4.55 Å². The molecule has 21 heavy (non-hydrogen) atoms. The summed E-state index contributed by atoms with van der Waals surface area (Å²) in [5.74, 6) is -17.9. The van der Waals surface area contributed by atoms with Gasteiger partial charge in [0, 0.05) is 0 Å². The highest BCUT2D eigenvalue weighted by Gasteiger charge is 2.55. The minimum absolute atomic E-state index is 2.16. The van der Waals surface area contributed by atoms with Gasteiger partial charge in [0.25, 0.3) is 0 Å². The molecule has 0 aliphatic carbocycles. The molecule has 0 fully saturated rings. The van der Waals surface area contributed by atoms with Gasteiger partial charge in [-0.15, -0.1) is 0 Å². The van der Waals surface area contributed by atoms with Crippen LogP contribution in [0.1, 0.15) is 0 Å². The van der Waals surface area contributed by atoms with Gasteiger partial charge in [0.2, 0.25) is 29.0 Å². The van der Waals surface area contributed by atoms with E-state index in [4.69, 9.17) is 9.66 Å². The number of aromatic hydroxyl groups is 1. The van der Waals surface area contributed by atoms with Crippen LogP contribution < -0.4 is 4.74 Å². The van der Waals surface area contributed by atoms with Crippen molar-refractivity contribution in [1.82, 2.24) is 0 Å². The van der Waals surface area contributed by atoms with Gasteiger partial charge in [-0.2, -0.15) is 34.8 Å². The molecule has 0 spiro atoms. The molecule has 13 heteroatoms. The average Bonchev–Trinajstić information content (AvgIpc) is 2.37. The molecule has 0 atom stereocenters. The van der Waals surface area contributed by atoms with E-state index in [0.29, 0.717) is 0 Å². The third kappa shape index (κ3) is 2.73. The maximum atomic E-state index is 13.1. The molecule has 1 rings (SSSR count). The first kappa shape index (κ1) is 17.0. The number of hydrogen-bond acceptors (Lipinski definition) is 5. The van der Waals surface area contributed by atoms with Gasteiger partial charge in [-0.1, -0.05) is 0 Å². The highest BCUT2D eigenvalue weighted by molar-refractivity contribution is 7.87. The first-order valence-electron chi connectivity index (χ1n) is 4.44. The van der Waals surface area contributed by atoms with E-state index in [1.54, 1.807) is 0 Å². The van der Waals surface area contributed by atoms with Gasteiger partial charge in [-0.05, 0) is 0 Å². The Morgan fingerprint density at radius 3 is 1.71 bits per heavy atom. The van der Waals surface area contributed by atoms with E-state index in [1.165, 1.54) is 0 Å². The van der Waals surface area contributed by atoms with Crippen LogP contribution in [0.5, 0.6) is 11.5 Å². The summed E-state index contributed by atoms with van der Waals surface area (Å²) in [4.78, 5) is 10.7. The van der Waals surface area contributed by atoms with E-state index in [1.807, 2.05) is 0 Å². The van der Waals surface area contributed by atoms with Crippen LogP contribution in [0, 0.1) is 23.3 Å². The lowest BCUT2D eigenvalue weighted by atomic mass is 10.2. The van der Waals surface area contributed by atoms with E-state index in [2.05, 4.69) is 4.74 Å². The summed E-state index contributed by atoms with van der Waals surface area (Å²) in [5.41, 5.74) is 0. The van der Waals surface area contributed by atoms with Crippen molar-refractivity contribution < 1.29 is 54.0 Å². The molecular formula is C8H2F6O6S. The summed E-state index contributed by atoms with van der Waals surface area (Å²) in [6.07, 6.45) is 0. The molecule has 0 aliphatic rings. The fraction of sp³-hybridized carbons (Fsp3) is 0.125. The molecule has 1 aromatic carbocycles. The standard InChI is InChI=1S/C8H2F6O6S/c9-1-3(11)6(4(12)2(10)5(1)15)20-7(16)8(13,14)21(17,18)19/h15H,(H,17,18,19). The van der Waals surface area contributed by atoms with Gasteiger partial charge < -0.3 is 9.84 Å². The van der Waals surface area contributed by atoms with Crippen molar-refractivity contribution in [3.8, 4) is 11.5 Å². The first-order valence-corrected chi connectivity index (χ1v) is 5.88. The van der Waals surface area contributed by atoms with Gasteiger partial charge in [0.05, 0.1) is 0 Å². The molecule has 118 valence electrons. The molecule has 6 nitrogen and oxygen atoms in total. The Hall–Kier alpha value is -2.02. The number of carbonyl (C=O) groups is 1. The molecule has 0 amide bonds. The van der Waals surface area contributed by atoms with Gasteiger partial charge in [0.15, 0.2) is 5.75 Å². The third-order valence-corrected chi connectivity index (χ3v) is 2.77. The lowest BCUT2D eigenvalue weighted by Crippen LogP contribution is -2.40. The number of rotatable bonds is 3. The highest BCUT2D eigenvalue weighted by Crippen LogP contribution is 2.35. The van der Waals surface area contributed by atoms with Crippen molar-refractivity contribution in [3.63, 3.8) is 0 Å². The Morgan fingerprint density at radius 1 is 1.00 bits per heavy atom. The number of phenols is 1. The molecule has 0 heterocycles. The van der Waals surface area contributed by atoms with E-state index >= 15 is 0 Å². The molecule has 0 aromatic heterocycles. The summed E-state index contributed by atoms with van der Waals surface area (Å²) >= 11 is 0. The van der Waals surface area contributed by atoms with E-state index in [-0.39, 0.29) is 0 Å². The van der Waals surface area contributed by atoms with Crippen LogP contribution >= 0.6 is 0 Å². The summed E-state index contributed by atoms with van der Waals surface area (Å²) in [7, 11) is -6.37. The number of ether oxygens (including phenoxy) is 1. The first-order chi connectivity index (χ1) is 9.32. The second-order valence-electron chi connectivity index (χ2n) is 3.32. The molecule has 0 saturated heterocycles. The third-order valence-electron chi connectivity index (χ3n) is 1.96. The minimum Gasteiger partial charge on any atom is -0.503 e. The molecule has 0 unspecified atom stereocenters. The fourth-order valence-corrected chi connectivity index (χ4v) is 1.20. The Labute approximate surface area is 111 Å². The van der Waals surface area contributed by atoms with Crippen LogP contribution in [0.15, 0.2) is 0 Å². The van der Waals surface area contributed by atoms with Gasteiger partial charge in [-0.25, -0.2) is 4.79 Å². The molecule has 2 N–H and O–H groups in total. The number of alkyl halides is 2. The summed E-state index contributed by atoms with van der Waals surface area (Å²) < 4.78 is 109. The molecule has 0 aliphatic heterocycles.